The molecule has 0 aliphatic carbocycles. The fourth-order valence-corrected chi connectivity index (χ4v) is 1.29. The minimum atomic E-state index is 0.881. The molecular weight excluding hydrogens is 204 g/mol. The van der Waals surface area contributed by atoms with E-state index in [4.69, 9.17) is 0 Å². The van der Waals surface area contributed by atoms with Crippen molar-refractivity contribution < 1.29 is 0 Å². The number of aryl methyl sites for hydroxylation is 1. The average molecular weight is 215 g/mol. The van der Waals surface area contributed by atoms with Gasteiger partial charge in [-0.15, -0.1) is 0 Å². The molecule has 0 aliphatic heterocycles. The molecular formula is C8H11BrN2. The van der Waals surface area contributed by atoms with Crippen LogP contribution in [0.25, 0.3) is 0 Å². The summed E-state index contributed by atoms with van der Waals surface area (Å²) in [6.45, 7) is 2.05. The number of anilines is 1. The third kappa shape index (κ3) is 1.93. The maximum Gasteiger partial charge on any atom is 0.108 e. The number of aromatic nitrogens is 1. The van der Waals surface area contributed by atoms with Crippen molar-refractivity contribution in [3.8, 4) is 0 Å². The highest BCUT2D eigenvalue weighted by atomic mass is 79.9. The molecule has 60 valence electrons. The van der Waals surface area contributed by atoms with E-state index in [1.54, 1.807) is 0 Å². The molecule has 0 spiro atoms. The van der Waals surface area contributed by atoms with E-state index in [9.17, 15) is 0 Å². The predicted octanol–water partition coefficient (Wildman–Crippen LogP) is 2.22. The molecule has 0 saturated carbocycles. The van der Waals surface area contributed by atoms with E-state index in [1.165, 1.54) is 11.3 Å². The molecule has 1 aromatic rings. The van der Waals surface area contributed by atoms with Crippen molar-refractivity contribution in [1.82, 2.24) is 4.98 Å². The highest BCUT2D eigenvalue weighted by Crippen LogP contribution is 2.19. The van der Waals surface area contributed by atoms with Crippen molar-refractivity contribution in [2.75, 3.05) is 19.0 Å². The first-order chi connectivity index (χ1) is 5.11. The highest BCUT2D eigenvalue weighted by molar-refractivity contribution is 9.10. The Morgan fingerprint density at radius 1 is 1.45 bits per heavy atom. The lowest BCUT2D eigenvalue weighted by Gasteiger charge is -2.14. The van der Waals surface area contributed by atoms with E-state index in [0.717, 1.165) is 4.60 Å². The van der Waals surface area contributed by atoms with Crippen LogP contribution in [0.15, 0.2) is 16.9 Å². The number of hydrogen-bond acceptors (Lipinski definition) is 2. The van der Waals surface area contributed by atoms with Crippen molar-refractivity contribution in [3.63, 3.8) is 0 Å². The van der Waals surface area contributed by atoms with Crippen molar-refractivity contribution in [2.24, 2.45) is 0 Å². The number of nitrogens with zero attached hydrogens (tertiary/aromatic N) is 2. The number of pyridine rings is 1. The van der Waals surface area contributed by atoms with Crippen LogP contribution in [0, 0.1) is 6.92 Å². The minimum absolute atomic E-state index is 0.881. The topological polar surface area (TPSA) is 16.1 Å². The van der Waals surface area contributed by atoms with Crippen LogP contribution in [0.5, 0.6) is 0 Å². The van der Waals surface area contributed by atoms with Crippen LogP contribution >= 0.6 is 15.9 Å². The Morgan fingerprint density at radius 2 is 2.09 bits per heavy atom. The van der Waals surface area contributed by atoms with Gasteiger partial charge in [-0.25, -0.2) is 4.98 Å². The minimum Gasteiger partial charge on any atom is -0.377 e. The Labute approximate surface area is 75.4 Å². The van der Waals surface area contributed by atoms with E-state index >= 15 is 0 Å². The fraction of sp³-hybridized carbons (Fsp3) is 0.375. The van der Waals surface area contributed by atoms with E-state index in [1.807, 2.05) is 26.4 Å². The number of rotatable bonds is 1. The first kappa shape index (κ1) is 8.53. The zero-order valence-electron chi connectivity index (χ0n) is 6.93. The summed E-state index contributed by atoms with van der Waals surface area (Å²) in [5.41, 5.74) is 2.39. The van der Waals surface area contributed by atoms with Gasteiger partial charge in [0.05, 0.1) is 0 Å². The second-order valence-corrected chi connectivity index (χ2v) is 3.50. The molecule has 2 nitrogen and oxygen atoms in total. The van der Waals surface area contributed by atoms with Gasteiger partial charge >= 0.3 is 0 Å². The molecule has 0 aromatic carbocycles. The Balaban J connectivity index is 3.13. The molecule has 0 atom stereocenters. The van der Waals surface area contributed by atoms with Crippen LogP contribution in [0.2, 0.25) is 0 Å². The van der Waals surface area contributed by atoms with Crippen LogP contribution in [0.4, 0.5) is 5.69 Å². The number of halogens is 1. The summed E-state index contributed by atoms with van der Waals surface area (Å²) in [4.78, 5) is 6.18. The first-order valence-corrected chi connectivity index (χ1v) is 4.20. The van der Waals surface area contributed by atoms with Crippen LogP contribution in [0.3, 0.4) is 0 Å². The van der Waals surface area contributed by atoms with Gasteiger partial charge in [-0.2, -0.15) is 0 Å². The first-order valence-electron chi connectivity index (χ1n) is 3.40. The summed E-state index contributed by atoms with van der Waals surface area (Å²) in [6, 6.07) is 2.01. The molecule has 3 heteroatoms. The van der Waals surface area contributed by atoms with E-state index in [2.05, 4.69) is 32.7 Å². The summed E-state index contributed by atoms with van der Waals surface area (Å²) in [7, 11) is 4.05. The quantitative estimate of drug-likeness (QED) is 0.667. The van der Waals surface area contributed by atoms with E-state index < -0.39 is 0 Å². The highest BCUT2D eigenvalue weighted by Gasteiger charge is 2.00. The van der Waals surface area contributed by atoms with Crippen LogP contribution in [0.1, 0.15) is 5.56 Å². The Kier molecular flexibility index (Phi) is 2.49. The monoisotopic (exact) mass is 214 g/mol. The van der Waals surface area contributed by atoms with Crippen LogP contribution in [-0.4, -0.2) is 19.1 Å². The SMILES string of the molecule is Cc1cnc(Br)cc1N(C)C. The Bertz CT molecular complexity index is 258. The van der Waals surface area contributed by atoms with Crippen molar-refractivity contribution >= 4 is 21.6 Å². The van der Waals surface area contributed by atoms with Gasteiger partial charge in [0.2, 0.25) is 0 Å². The maximum absolute atomic E-state index is 4.11. The molecule has 1 heterocycles. The molecule has 0 aliphatic rings. The zero-order chi connectivity index (χ0) is 8.43. The van der Waals surface area contributed by atoms with Gasteiger partial charge in [0, 0.05) is 26.0 Å². The van der Waals surface area contributed by atoms with Gasteiger partial charge in [0.1, 0.15) is 4.60 Å². The summed E-state index contributed by atoms with van der Waals surface area (Å²) in [5, 5.41) is 0. The molecule has 0 amide bonds. The van der Waals surface area contributed by atoms with Crippen LogP contribution < -0.4 is 4.90 Å². The normalized spacial score (nSPS) is 9.82. The third-order valence-electron chi connectivity index (χ3n) is 1.52. The van der Waals surface area contributed by atoms with E-state index in [0.29, 0.717) is 0 Å². The van der Waals surface area contributed by atoms with Crippen molar-refractivity contribution in [1.29, 1.82) is 0 Å². The standard InChI is InChI=1S/C8H11BrN2/c1-6-5-10-8(9)4-7(6)11(2)3/h4-5H,1-3H3. The lowest BCUT2D eigenvalue weighted by molar-refractivity contribution is 1.09. The maximum atomic E-state index is 4.11. The molecule has 0 fully saturated rings. The molecule has 0 bridgehead atoms. The largest absolute Gasteiger partial charge is 0.377 e. The number of hydrogen-bond donors (Lipinski definition) is 0. The molecule has 0 N–H and O–H groups in total. The Hall–Kier alpha value is -0.570. The summed E-state index contributed by atoms with van der Waals surface area (Å²) in [5.74, 6) is 0. The lowest BCUT2D eigenvalue weighted by atomic mass is 10.2. The smallest absolute Gasteiger partial charge is 0.108 e. The van der Waals surface area contributed by atoms with Gasteiger partial charge < -0.3 is 4.90 Å². The van der Waals surface area contributed by atoms with Gasteiger partial charge in [-0.3, -0.25) is 0 Å². The van der Waals surface area contributed by atoms with Crippen molar-refractivity contribution in [3.05, 3.63) is 22.4 Å². The molecule has 0 radical (unpaired) electrons. The predicted molar refractivity (Wildman–Crippen MR) is 51.0 cm³/mol. The average Bonchev–Trinajstić information content (AvgIpc) is 1.94. The molecule has 0 unspecified atom stereocenters. The van der Waals surface area contributed by atoms with Gasteiger partial charge in [-0.05, 0) is 34.5 Å². The molecule has 0 saturated heterocycles. The Morgan fingerprint density at radius 3 is 2.55 bits per heavy atom. The van der Waals surface area contributed by atoms with Gasteiger partial charge in [0.25, 0.3) is 0 Å². The molecule has 1 rings (SSSR count). The summed E-state index contributed by atoms with van der Waals surface area (Å²) < 4.78 is 0.881. The van der Waals surface area contributed by atoms with E-state index in [-0.39, 0.29) is 0 Å². The van der Waals surface area contributed by atoms with Crippen LogP contribution in [-0.2, 0) is 0 Å². The second-order valence-electron chi connectivity index (χ2n) is 2.69. The summed E-state index contributed by atoms with van der Waals surface area (Å²) >= 11 is 3.33. The summed E-state index contributed by atoms with van der Waals surface area (Å²) in [6.07, 6.45) is 1.86. The second kappa shape index (κ2) is 3.22. The lowest BCUT2D eigenvalue weighted by Crippen LogP contribution is -2.10. The third-order valence-corrected chi connectivity index (χ3v) is 1.96. The zero-order valence-corrected chi connectivity index (χ0v) is 8.51. The molecule has 1 aromatic heterocycles. The fourth-order valence-electron chi connectivity index (χ4n) is 0.970. The van der Waals surface area contributed by atoms with Gasteiger partial charge in [-0.1, -0.05) is 0 Å². The molecule has 11 heavy (non-hydrogen) atoms. The van der Waals surface area contributed by atoms with Crippen molar-refractivity contribution in [2.45, 2.75) is 6.92 Å². The van der Waals surface area contributed by atoms with Gasteiger partial charge in [0.15, 0.2) is 0 Å².